The van der Waals surface area contributed by atoms with Crippen molar-refractivity contribution in [2.45, 2.75) is 79.1 Å². The van der Waals surface area contributed by atoms with Gasteiger partial charge in [-0.2, -0.15) is 4.57 Å². The van der Waals surface area contributed by atoms with Gasteiger partial charge in [-0.25, -0.2) is 0 Å². The highest BCUT2D eigenvalue weighted by Gasteiger charge is 2.56. The van der Waals surface area contributed by atoms with Crippen molar-refractivity contribution in [2.24, 2.45) is 0 Å². The highest BCUT2D eigenvalue weighted by atomic mass is 79.9. The van der Waals surface area contributed by atoms with E-state index in [0.29, 0.717) is 5.75 Å². The molecule has 1 N–H and O–H groups in total. The molecule has 0 bridgehead atoms. The van der Waals surface area contributed by atoms with E-state index < -0.39 is 60.5 Å². The normalized spacial score (nSPS) is 20.7. The number of aromatic amines is 1. The highest BCUT2D eigenvalue weighted by molar-refractivity contribution is 6.16. The largest absolute Gasteiger partial charge is 1.00 e. The van der Waals surface area contributed by atoms with Gasteiger partial charge in [0.1, 0.15) is 18.5 Å². The summed E-state index contributed by atoms with van der Waals surface area (Å²) in [6.45, 7) is 9.73. The van der Waals surface area contributed by atoms with Gasteiger partial charge in [-0.05, 0) is 48.6 Å². The summed E-state index contributed by atoms with van der Waals surface area (Å²) in [5, 5.41) is 3.55. The van der Waals surface area contributed by atoms with Crippen molar-refractivity contribution in [3.63, 3.8) is 0 Å². The number of fused-ring (bicyclic) bond motifs is 4. The number of carbonyl (C=O) groups excluding carboxylic acids is 5. The van der Waals surface area contributed by atoms with Crippen LogP contribution in [-0.2, 0) is 47.7 Å². The molecule has 0 aliphatic carbocycles. The smallest absolute Gasteiger partial charge is 0.308 e. The number of benzene rings is 2. The summed E-state index contributed by atoms with van der Waals surface area (Å²) in [6.07, 6.45) is -2.44. The Morgan fingerprint density at radius 3 is 2.02 bits per heavy atom. The van der Waals surface area contributed by atoms with Gasteiger partial charge in [0.2, 0.25) is 6.10 Å². The molecule has 1 saturated heterocycles. The summed E-state index contributed by atoms with van der Waals surface area (Å²) in [5.41, 5.74) is 3.65. The number of ether oxygens (including phenoxy) is 6. The summed E-state index contributed by atoms with van der Waals surface area (Å²) >= 11 is 0. The molecule has 13 nitrogen and oxygen atoms in total. The number of hydrogen-bond acceptors (Lipinski definition) is 11. The van der Waals surface area contributed by atoms with Crippen molar-refractivity contribution in [3.8, 4) is 5.75 Å². The molecule has 47 heavy (non-hydrogen) atoms. The van der Waals surface area contributed by atoms with Crippen LogP contribution in [0.1, 0.15) is 52.0 Å². The number of hydrogen-bond donors (Lipinski definition) is 1. The fourth-order valence-corrected chi connectivity index (χ4v) is 6.08. The SMILES string of the molecule is CC(=O)OC[C@H]1O[C@H]([n+]2ccc3c(C)c4[nH]c5ccc(OC(C)=O)cc5c4c(C)c3c2)[C@@H](OC(C)=O)[C@@H](OC(C)=O)[C@H]1OC(C)=O.[Br-]. The van der Waals surface area contributed by atoms with Gasteiger partial charge in [-0.15, -0.1) is 0 Å². The Hall–Kier alpha value is -4.56. The van der Waals surface area contributed by atoms with E-state index in [4.69, 9.17) is 28.4 Å². The van der Waals surface area contributed by atoms with E-state index in [1.807, 2.05) is 38.2 Å². The number of pyridine rings is 1. The van der Waals surface area contributed by atoms with Crippen LogP contribution in [0.5, 0.6) is 5.75 Å². The zero-order valence-electron chi connectivity index (χ0n) is 26.9. The Balaban J connectivity index is 0.00000500. The molecule has 5 rings (SSSR count). The molecule has 250 valence electrons. The van der Waals surface area contributed by atoms with Gasteiger partial charge >= 0.3 is 36.1 Å². The molecule has 2 aromatic carbocycles. The molecular formula is C33H35BrN2O11. The lowest BCUT2D eigenvalue weighted by Crippen LogP contribution is -3.00. The van der Waals surface area contributed by atoms with Gasteiger partial charge < -0.3 is 50.4 Å². The van der Waals surface area contributed by atoms with Crippen molar-refractivity contribution in [2.75, 3.05) is 6.61 Å². The highest BCUT2D eigenvalue weighted by Crippen LogP contribution is 2.38. The predicted octanol–water partition coefficient (Wildman–Crippen LogP) is 0.564. The van der Waals surface area contributed by atoms with Gasteiger partial charge in [0, 0.05) is 62.4 Å². The number of esters is 5. The van der Waals surface area contributed by atoms with E-state index in [0.717, 1.165) is 43.7 Å². The molecule has 3 heterocycles. The fourth-order valence-electron chi connectivity index (χ4n) is 6.08. The Morgan fingerprint density at radius 1 is 0.766 bits per heavy atom. The molecular weight excluding hydrogens is 680 g/mol. The van der Waals surface area contributed by atoms with E-state index in [-0.39, 0.29) is 23.6 Å². The average Bonchev–Trinajstić information content (AvgIpc) is 3.35. The molecule has 14 heteroatoms. The minimum Gasteiger partial charge on any atom is -1.00 e. The number of nitrogens with zero attached hydrogens (tertiary/aromatic N) is 1. The second-order valence-electron chi connectivity index (χ2n) is 11.2. The maximum absolute atomic E-state index is 12.4. The first kappa shape index (κ1) is 35.3. The van der Waals surface area contributed by atoms with Crippen molar-refractivity contribution >= 4 is 62.4 Å². The fraction of sp³-hybridized carbons (Fsp3) is 0.394. The predicted molar refractivity (Wildman–Crippen MR) is 161 cm³/mol. The van der Waals surface area contributed by atoms with E-state index in [2.05, 4.69) is 4.98 Å². The van der Waals surface area contributed by atoms with Crippen molar-refractivity contribution < 1.29 is 73.9 Å². The Kier molecular flexibility index (Phi) is 10.6. The number of rotatable bonds is 7. The van der Waals surface area contributed by atoms with Gasteiger partial charge in [-0.1, -0.05) is 0 Å². The summed E-state index contributed by atoms with van der Waals surface area (Å²) < 4.78 is 35.4. The third kappa shape index (κ3) is 7.23. The zero-order chi connectivity index (χ0) is 33.4. The summed E-state index contributed by atoms with van der Waals surface area (Å²) in [5.74, 6) is -2.72. The molecule has 1 aliphatic heterocycles. The quantitative estimate of drug-likeness (QED) is 0.123. The number of nitrogens with one attached hydrogen (secondary N) is 1. The number of halogens is 1. The van der Waals surface area contributed by atoms with Crippen molar-refractivity contribution in [3.05, 3.63) is 47.8 Å². The summed E-state index contributed by atoms with van der Waals surface area (Å²) in [6, 6.07) is 7.28. The molecule has 0 amide bonds. The Bertz CT molecular complexity index is 1900. The zero-order valence-corrected chi connectivity index (χ0v) is 28.5. The molecule has 1 aliphatic rings. The average molecular weight is 716 g/mol. The van der Waals surface area contributed by atoms with Crippen LogP contribution in [0.3, 0.4) is 0 Å². The van der Waals surface area contributed by atoms with Crippen LogP contribution in [0.4, 0.5) is 0 Å². The second-order valence-corrected chi connectivity index (χ2v) is 11.2. The first-order chi connectivity index (χ1) is 21.7. The lowest BCUT2D eigenvalue weighted by atomic mass is 9.95. The first-order valence-electron chi connectivity index (χ1n) is 14.6. The molecule has 0 unspecified atom stereocenters. The lowest BCUT2D eigenvalue weighted by molar-refractivity contribution is -0.776. The van der Waals surface area contributed by atoms with E-state index in [1.54, 1.807) is 16.8 Å². The summed E-state index contributed by atoms with van der Waals surface area (Å²) in [4.78, 5) is 63.6. The van der Waals surface area contributed by atoms with Crippen LogP contribution >= 0.6 is 0 Å². The van der Waals surface area contributed by atoms with E-state index >= 15 is 0 Å². The van der Waals surface area contributed by atoms with Crippen LogP contribution in [0.2, 0.25) is 0 Å². The molecule has 0 saturated carbocycles. The Morgan fingerprint density at radius 2 is 1.40 bits per heavy atom. The Labute approximate surface area is 280 Å². The van der Waals surface area contributed by atoms with Crippen LogP contribution in [0, 0.1) is 13.8 Å². The maximum atomic E-state index is 12.4. The van der Waals surface area contributed by atoms with Gasteiger partial charge in [-0.3, -0.25) is 24.0 Å². The monoisotopic (exact) mass is 714 g/mol. The maximum Gasteiger partial charge on any atom is 0.308 e. The minimum absolute atomic E-state index is 0. The number of aromatic nitrogens is 2. The second kappa shape index (κ2) is 14.1. The van der Waals surface area contributed by atoms with Crippen molar-refractivity contribution in [1.82, 2.24) is 4.98 Å². The van der Waals surface area contributed by atoms with Gasteiger partial charge in [0.15, 0.2) is 24.6 Å². The van der Waals surface area contributed by atoms with E-state index in [9.17, 15) is 24.0 Å². The van der Waals surface area contributed by atoms with Crippen LogP contribution in [0.25, 0.3) is 32.6 Å². The topological polar surface area (TPSA) is 160 Å². The molecule has 2 aromatic heterocycles. The van der Waals surface area contributed by atoms with Crippen LogP contribution in [0.15, 0.2) is 36.7 Å². The number of H-pyrrole nitrogens is 1. The standard InChI is InChI=1S/C33H34N2O11.BrH/c1-15-25-13-35(11-10-23(25)16(2)29-28(15)24-12-22(42-18(4)37)8-9-26(24)34-29)33-32(45-21(7)40)31(44-20(6)39)30(43-19(5)38)27(46-33)14-41-17(3)36;/h8-13,27,30-33H,14H2,1-7H3;1H/t27-,30+,31+,32+,33+;/m1./s1. The number of carbonyl (C=O) groups is 5. The molecule has 0 radical (unpaired) electrons. The summed E-state index contributed by atoms with van der Waals surface area (Å²) in [7, 11) is 0. The number of aryl methyl sites for hydroxylation is 2. The van der Waals surface area contributed by atoms with Gasteiger partial charge in [0.25, 0.3) is 0 Å². The third-order valence-electron chi connectivity index (χ3n) is 7.83. The molecule has 4 aromatic rings. The van der Waals surface area contributed by atoms with Crippen molar-refractivity contribution in [1.29, 1.82) is 0 Å². The minimum atomic E-state index is -1.30. The van der Waals surface area contributed by atoms with Gasteiger partial charge in [0.05, 0.1) is 5.52 Å². The van der Waals surface area contributed by atoms with E-state index in [1.165, 1.54) is 34.6 Å². The first-order valence-corrected chi connectivity index (χ1v) is 14.6. The van der Waals surface area contributed by atoms with Crippen LogP contribution < -0.4 is 26.3 Å². The third-order valence-corrected chi connectivity index (χ3v) is 7.83. The molecule has 5 atom stereocenters. The molecule has 1 fully saturated rings. The van der Waals surface area contributed by atoms with Crippen LogP contribution in [-0.4, -0.2) is 65.9 Å². The lowest BCUT2D eigenvalue weighted by Gasteiger charge is -2.41. The molecule has 0 spiro atoms.